The molecular formula is C22H21IO5. The lowest BCUT2D eigenvalue weighted by Gasteiger charge is -2.26. The van der Waals surface area contributed by atoms with E-state index in [9.17, 15) is 19.8 Å². The van der Waals surface area contributed by atoms with Crippen LogP contribution in [-0.4, -0.2) is 29.3 Å². The second-order valence-electron chi connectivity index (χ2n) is 6.61. The summed E-state index contributed by atoms with van der Waals surface area (Å²) in [4.78, 5) is 25.0. The number of carbonyl (C=O) groups is 2. The number of rotatable bonds is 6. The fourth-order valence-electron chi connectivity index (χ4n) is 4.07. The van der Waals surface area contributed by atoms with Crippen LogP contribution in [0.15, 0.2) is 36.4 Å². The molecule has 6 heteroatoms. The smallest absolute Gasteiger partial charge is 0.330 e. The lowest BCUT2D eigenvalue weighted by Crippen LogP contribution is -2.43. The summed E-state index contributed by atoms with van der Waals surface area (Å²) in [7, 11) is 1.52. The van der Waals surface area contributed by atoms with E-state index in [0.29, 0.717) is 26.9 Å². The average molecular weight is 492 g/mol. The Hall–Kier alpha value is -2.35. The molecule has 0 heterocycles. The molecule has 2 aromatic rings. The molecule has 146 valence electrons. The Balaban J connectivity index is 2.48. The molecule has 0 saturated carbocycles. The molecule has 0 spiro atoms. The minimum Gasteiger partial charge on any atom is -0.497 e. The maximum atomic E-state index is 12.5. The molecule has 0 atom stereocenters. The molecule has 0 bridgehead atoms. The van der Waals surface area contributed by atoms with Crippen LogP contribution in [0.25, 0.3) is 9.15 Å². The van der Waals surface area contributed by atoms with Gasteiger partial charge in [-0.1, -0.05) is 38.1 Å². The Morgan fingerprint density at radius 1 is 1.07 bits per heavy atom. The van der Waals surface area contributed by atoms with Crippen molar-refractivity contribution in [1.29, 1.82) is 0 Å². The summed E-state index contributed by atoms with van der Waals surface area (Å²) in [5.74, 6) is -2.24. The molecule has 2 N–H and O–H groups in total. The monoisotopic (exact) mass is 492 g/mol. The average Bonchev–Trinajstić information content (AvgIpc) is 2.97. The summed E-state index contributed by atoms with van der Waals surface area (Å²) in [6.45, 7) is 4.04. The van der Waals surface area contributed by atoms with Gasteiger partial charge in [0.05, 0.1) is 7.11 Å². The largest absolute Gasteiger partial charge is 0.497 e. The first kappa shape index (κ1) is 20.4. The summed E-state index contributed by atoms with van der Waals surface area (Å²) in [6.07, 6.45) is 1.49. The highest BCUT2D eigenvalue weighted by Gasteiger charge is 2.58. The molecule has 3 rings (SSSR count). The zero-order valence-corrected chi connectivity index (χ0v) is 18.0. The van der Waals surface area contributed by atoms with Crippen LogP contribution in [0.1, 0.15) is 41.7 Å². The molecule has 0 unspecified atom stereocenters. The van der Waals surface area contributed by atoms with Gasteiger partial charge >= 0.3 is 11.9 Å². The maximum Gasteiger partial charge on any atom is 0.330 e. The zero-order valence-electron chi connectivity index (χ0n) is 15.9. The van der Waals surface area contributed by atoms with Crippen LogP contribution < -0.4 is 4.74 Å². The lowest BCUT2D eigenvalue weighted by atomic mass is 9.74. The number of carboxylic acids is 2. The van der Waals surface area contributed by atoms with Crippen LogP contribution in [0.4, 0.5) is 0 Å². The third-order valence-corrected chi connectivity index (χ3v) is 6.44. The predicted octanol–water partition coefficient (Wildman–Crippen LogP) is 4.54. The van der Waals surface area contributed by atoms with E-state index in [2.05, 4.69) is 22.6 Å². The van der Waals surface area contributed by atoms with E-state index in [1.165, 1.54) is 7.11 Å². The molecule has 0 aliphatic heterocycles. The molecule has 28 heavy (non-hydrogen) atoms. The molecule has 0 fully saturated rings. The van der Waals surface area contributed by atoms with Crippen molar-refractivity contribution in [3.63, 3.8) is 0 Å². The maximum absolute atomic E-state index is 12.5. The number of ether oxygens (including phenoxy) is 1. The predicted molar refractivity (Wildman–Crippen MR) is 116 cm³/mol. The molecule has 2 aromatic carbocycles. The van der Waals surface area contributed by atoms with Crippen molar-refractivity contribution < 1.29 is 24.5 Å². The number of methoxy groups -OCH3 is 1. The Bertz CT molecular complexity index is 992. The van der Waals surface area contributed by atoms with Crippen molar-refractivity contribution >= 4 is 43.7 Å². The van der Waals surface area contributed by atoms with Gasteiger partial charge in [-0.15, -0.1) is 0 Å². The van der Waals surface area contributed by atoms with E-state index in [4.69, 9.17) is 4.74 Å². The Morgan fingerprint density at radius 2 is 1.75 bits per heavy atom. The van der Waals surface area contributed by atoms with Gasteiger partial charge in [0.25, 0.3) is 0 Å². The van der Waals surface area contributed by atoms with Gasteiger partial charge in [0.2, 0.25) is 5.41 Å². The fraction of sp³-hybridized carbons (Fsp3) is 0.273. The summed E-state index contributed by atoms with van der Waals surface area (Å²) < 4.78 is 5.94. The number of aryl methyl sites for hydroxylation is 1. The minimum absolute atomic E-state index is 0.282. The molecule has 1 aliphatic carbocycles. The minimum atomic E-state index is -2.16. The van der Waals surface area contributed by atoms with E-state index >= 15 is 0 Å². The standard InChI is InChI=1S/C22H21IO5/c1-4-12-9-10-16-17(15(12)5-2)19(23)18(22(16,20(24)25)21(26)27)13-7-6-8-14(11-13)28-3/h6-11H,4-5H2,1-3H3,(H,24,25)(H,26,27). The van der Waals surface area contributed by atoms with Crippen molar-refractivity contribution in [1.82, 2.24) is 0 Å². The van der Waals surface area contributed by atoms with Crippen LogP contribution in [0.2, 0.25) is 0 Å². The third-order valence-electron chi connectivity index (χ3n) is 5.36. The van der Waals surface area contributed by atoms with Gasteiger partial charge in [0.15, 0.2) is 0 Å². The van der Waals surface area contributed by atoms with Crippen LogP contribution in [0, 0.1) is 0 Å². The molecule has 0 aromatic heterocycles. The quantitative estimate of drug-likeness (QED) is 0.457. The van der Waals surface area contributed by atoms with E-state index in [1.807, 2.05) is 19.9 Å². The van der Waals surface area contributed by atoms with E-state index < -0.39 is 17.4 Å². The van der Waals surface area contributed by atoms with E-state index in [0.717, 1.165) is 23.1 Å². The highest BCUT2D eigenvalue weighted by molar-refractivity contribution is 14.1. The van der Waals surface area contributed by atoms with Gasteiger partial charge in [-0.2, -0.15) is 0 Å². The second-order valence-corrected chi connectivity index (χ2v) is 7.69. The van der Waals surface area contributed by atoms with E-state index in [1.54, 1.807) is 30.3 Å². The SMILES string of the molecule is CCc1ccc2c(c1CC)C(I)=C(c1cccc(OC)c1)C2(C(=O)O)C(=O)O. The van der Waals surface area contributed by atoms with Gasteiger partial charge in [-0.25, -0.2) is 0 Å². The van der Waals surface area contributed by atoms with Gasteiger partial charge in [0.1, 0.15) is 5.75 Å². The number of halogens is 1. The van der Waals surface area contributed by atoms with Crippen LogP contribution >= 0.6 is 22.6 Å². The van der Waals surface area contributed by atoms with Gasteiger partial charge in [0, 0.05) is 9.15 Å². The number of hydrogen-bond acceptors (Lipinski definition) is 3. The Labute approximate surface area is 177 Å². The first-order valence-corrected chi connectivity index (χ1v) is 10.1. The second kappa shape index (κ2) is 7.58. The molecule has 0 amide bonds. The van der Waals surface area contributed by atoms with Crippen molar-refractivity contribution in [2.45, 2.75) is 32.1 Å². The van der Waals surface area contributed by atoms with Crippen LogP contribution in [0.3, 0.4) is 0 Å². The van der Waals surface area contributed by atoms with Crippen molar-refractivity contribution in [2.24, 2.45) is 0 Å². The summed E-state index contributed by atoms with van der Waals surface area (Å²) in [5.41, 5.74) is 1.83. The van der Waals surface area contributed by atoms with E-state index in [-0.39, 0.29) is 5.57 Å². The lowest BCUT2D eigenvalue weighted by molar-refractivity contribution is -0.153. The number of aliphatic carboxylic acids is 2. The highest BCUT2D eigenvalue weighted by atomic mass is 127. The number of carboxylic acid groups (broad SMARTS) is 2. The Kier molecular flexibility index (Phi) is 5.52. The molecule has 0 radical (unpaired) electrons. The van der Waals surface area contributed by atoms with Gasteiger partial charge < -0.3 is 14.9 Å². The molecule has 5 nitrogen and oxygen atoms in total. The Morgan fingerprint density at radius 3 is 2.29 bits per heavy atom. The first-order chi connectivity index (χ1) is 13.3. The highest BCUT2D eigenvalue weighted by Crippen LogP contribution is 2.55. The summed E-state index contributed by atoms with van der Waals surface area (Å²) >= 11 is 2.10. The number of hydrogen-bond donors (Lipinski definition) is 2. The van der Waals surface area contributed by atoms with Crippen molar-refractivity contribution in [3.8, 4) is 5.75 Å². The molecular weight excluding hydrogens is 471 g/mol. The van der Waals surface area contributed by atoms with Crippen molar-refractivity contribution in [3.05, 3.63) is 64.2 Å². The van der Waals surface area contributed by atoms with Gasteiger partial charge in [-0.3, -0.25) is 9.59 Å². The summed E-state index contributed by atoms with van der Waals surface area (Å²) in [5, 5.41) is 20.4. The summed E-state index contributed by atoms with van der Waals surface area (Å²) in [6, 6.07) is 10.4. The number of benzene rings is 2. The third kappa shape index (κ3) is 2.73. The first-order valence-electron chi connectivity index (χ1n) is 9.01. The zero-order chi connectivity index (χ0) is 20.6. The van der Waals surface area contributed by atoms with Crippen LogP contribution in [0.5, 0.6) is 5.75 Å². The van der Waals surface area contributed by atoms with Gasteiger partial charge in [-0.05, 0) is 75.4 Å². The normalized spacial score (nSPS) is 14.7. The topological polar surface area (TPSA) is 83.8 Å². The van der Waals surface area contributed by atoms with Crippen molar-refractivity contribution in [2.75, 3.05) is 7.11 Å². The number of fused-ring (bicyclic) bond motifs is 1. The molecule has 1 aliphatic rings. The van der Waals surface area contributed by atoms with Crippen LogP contribution in [-0.2, 0) is 27.8 Å². The fourth-order valence-corrected chi connectivity index (χ4v) is 5.40. The molecule has 0 saturated heterocycles.